The third-order valence-corrected chi connectivity index (χ3v) is 2.74. The van der Waals surface area contributed by atoms with Gasteiger partial charge < -0.3 is 4.42 Å². The first-order valence-corrected chi connectivity index (χ1v) is 5.37. The molecule has 0 aliphatic heterocycles. The molecule has 0 saturated heterocycles. The van der Waals surface area contributed by atoms with E-state index in [1.54, 1.807) is 6.92 Å². The summed E-state index contributed by atoms with van der Waals surface area (Å²) in [6.45, 7) is 2.85. The molecule has 0 atom stereocenters. The number of benzene rings is 1. The van der Waals surface area contributed by atoms with E-state index in [-0.39, 0.29) is 16.5 Å². The average Bonchev–Trinajstić information content (AvgIpc) is 2.27. The van der Waals surface area contributed by atoms with Gasteiger partial charge in [-0.2, -0.15) is 13.2 Å². The molecular formula is C13H9F3O3. The van der Waals surface area contributed by atoms with Gasteiger partial charge in [-0.15, -0.1) is 0 Å². The lowest BCUT2D eigenvalue weighted by molar-refractivity contribution is -0.152. The van der Waals surface area contributed by atoms with Crippen LogP contribution in [0.2, 0.25) is 0 Å². The van der Waals surface area contributed by atoms with Crippen LogP contribution in [0.4, 0.5) is 13.2 Å². The largest absolute Gasteiger partial charge is 0.451 e. The SMILES string of the molecule is CC(=O)c1c(C)ccc2oc(C(F)(F)F)cc(=O)c12. The van der Waals surface area contributed by atoms with Crippen molar-refractivity contribution in [2.24, 2.45) is 0 Å². The van der Waals surface area contributed by atoms with Crippen molar-refractivity contribution in [2.45, 2.75) is 20.0 Å². The van der Waals surface area contributed by atoms with Crippen molar-refractivity contribution >= 4 is 16.8 Å². The van der Waals surface area contributed by atoms with E-state index in [1.807, 2.05) is 0 Å². The summed E-state index contributed by atoms with van der Waals surface area (Å²) in [5, 5.41) is -0.111. The Labute approximate surface area is 105 Å². The topological polar surface area (TPSA) is 47.3 Å². The molecule has 6 heteroatoms. The van der Waals surface area contributed by atoms with Crippen LogP contribution >= 0.6 is 0 Å². The Morgan fingerprint density at radius 3 is 2.42 bits per heavy atom. The fourth-order valence-corrected chi connectivity index (χ4v) is 1.95. The number of hydrogen-bond donors (Lipinski definition) is 0. The Kier molecular flexibility index (Phi) is 2.96. The summed E-state index contributed by atoms with van der Waals surface area (Å²) in [4.78, 5) is 23.3. The molecule has 1 aromatic carbocycles. The van der Waals surface area contributed by atoms with E-state index in [9.17, 15) is 22.8 Å². The fourth-order valence-electron chi connectivity index (χ4n) is 1.95. The molecule has 100 valence electrons. The summed E-state index contributed by atoms with van der Waals surface area (Å²) in [7, 11) is 0. The number of aryl methyl sites for hydroxylation is 1. The predicted molar refractivity (Wildman–Crippen MR) is 62.2 cm³/mol. The van der Waals surface area contributed by atoms with Crippen LogP contribution in [-0.4, -0.2) is 5.78 Å². The van der Waals surface area contributed by atoms with Gasteiger partial charge in [0.15, 0.2) is 11.2 Å². The smallest absolute Gasteiger partial charge is 0.449 e. The minimum atomic E-state index is -4.74. The fraction of sp³-hybridized carbons (Fsp3) is 0.231. The quantitative estimate of drug-likeness (QED) is 0.747. The summed E-state index contributed by atoms with van der Waals surface area (Å²) >= 11 is 0. The van der Waals surface area contributed by atoms with Gasteiger partial charge in [0.25, 0.3) is 0 Å². The lowest BCUT2D eigenvalue weighted by Gasteiger charge is -2.09. The summed E-state index contributed by atoms with van der Waals surface area (Å²) < 4.78 is 42.3. The number of carbonyl (C=O) groups is 1. The van der Waals surface area contributed by atoms with E-state index in [2.05, 4.69) is 4.42 Å². The van der Waals surface area contributed by atoms with E-state index in [1.165, 1.54) is 19.1 Å². The highest BCUT2D eigenvalue weighted by Crippen LogP contribution is 2.31. The molecule has 1 aromatic heterocycles. The zero-order valence-electron chi connectivity index (χ0n) is 10.1. The third kappa shape index (κ3) is 2.25. The van der Waals surface area contributed by atoms with Gasteiger partial charge in [0.05, 0.1) is 5.39 Å². The van der Waals surface area contributed by atoms with Crippen molar-refractivity contribution in [1.29, 1.82) is 0 Å². The molecule has 2 rings (SSSR count). The van der Waals surface area contributed by atoms with Crippen LogP contribution in [0.25, 0.3) is 11.0 Å². The number of ketones is 1. The second-order valence-electron chi connectivity index (χ2n) is 4.16. The number of hydrogen-bond acceptors (Lipinski definition) is 3. The highest BCUT2D eigenvalue weighted by molar-refractivity contribution is 6.07. The normalized spacial score (nSPS) is 11.8. The van der Waals surface area contributed by atoms with E-state index >= 15 is 0 Å². The molecule has 0 bridgehead atoms. The van der Waals surface area contributed by atoms with Gasteiger partial charge in [0, 0.05) is 11.6 Å². The first-order valence-electron chi connectivity index (χ1n) is 5.37. The minimum Gasteiger partial charge on any atom is -0.451 e. The molecular weight excluding hydrogens is 261 g/mol. The van der Waals surface area contributed by atoms with E-state index in [0.29, 0.717) is 11.6 Å². The van der Waals surface area contributed by atoms with Crippen LogP contribution in [0.3, 0.4) is 0 Å². The molecule has 3 nitrogen and oxygen atoms in total. The van der Waals surface area contributed by atoms with Gasteiger partial charge in [-0.1, -0.05) is 6.07 Å². The second-order valence-corrected chi connectivity index (χ2v) is 4.16. The summed E-state index contributed by atoms with van der Waals surface area (Å²) in [6.07, 6.45) is -4.74. The van der Waals surface area contributed by atoms with Crippen molar-refractivity contribution in [3.63, 3.8) is 0 Å². The molecule has 0 amide bonds. The Balaban J connectivity index is 2.92. The van der Waals surface area contributed by atoms with Crippen molar-refractivity contribution in [3.8, 4) is 0 Å². The highest BCUT2D eigenvalue weighted by Gasteiger charge is 2.35. The number of fused-ring (bicyclic) bond motifs is 1. The van der Waals surface area contributed by atoms with Crippen LogP contribution in [0.1, 0.15) is 28.6 Å². The zero-order chi connectivity index (χ0) is 14.4. The standard InChI is InChI=1S/C13H9F3O3/c1-6-3-4-9-12(11(6)7(2)17)8(18)5-10(19-9)13(14,15)16/h3-5H,1-2H3. The maximum Gasteiger partial charge on any atom is 0.449 e. The number of carbonyl (C=O) groups excluding carboxylic acids is 1. The zero-order valence-corrected chi connectivity index (χ0v) is 10.1. The maximum atomic E-state index is 12.5. The number of Topliss-reactive ketones (excluding diaryl/α,β-unsaturated/α-hetero) is 1. The summed E-state index contributed by atoms with van der Waals surface area (Å²) in [6, 6.07) is 3.07. The number of halogens is 3. The minimum absolute atomic E-state index is 0.0972. The van der Waals surface area contributed by atoms with E-state index in [4.69, 9.17) is 0 Å². The molecule has 0 N–H and O–H groups in total. The Morgan fingerprint density at radius 1 is 1.26 bits per heavy atom. The van der Waals surface area contributed by atoms with Gasteiger partial charge in [-0.25, -0.2) is 0 Å². The maximum absolute atomic E-state index is 12.5. The van der Waals surface area contributed by atoms with Gasteiger partial charge in [-0.05, 0) is 25.5 Å². The van der Waals surface area contributed by atoms with Gasteiger partial charge in [0.2, 0.25) is 5.76 Å². The van der Waals surface area contributed by atoms with Crippen LogP contribution in [-0.2, 0) is 6.18 Å². The molecule has 0 unspecified atom stereocenters. The second kappa shape index (κ2) is 4.22. The van der Waals surface area contributed by atoms with Crippen molar-refractivity contribution in [3.05, 3.63) is 45.3 Å². The Hall–Kier alpha value is -2.11. The first-order chi connectivity index (χ1) is 8.71. The molecule has 0 radical (unpaired) electrons. The third-order valence-electron chi connectivity index (χ3n) is 2.74. The monoisotopic (exact) mass is 270 g/mol. The molecule has 0 aliphatic rings. The molecule has 0 aliphatic carbocycles. The number of alkyl halides is 3. The van der Waals surface area contributed by atoms with Crippen LogP contribution < -0.4 is 5.43 Å². The first kappa shape index (κ1) is 13.3. The lowest BCUT2D eigenvalue weighted by Crippen LogP contribution is -2.13. The highest BCUT2D eigenvalue weighted by atomic mass is 19.4. The number of rotatable bonds is 1. The molecule has 0 fully saturated rings. The summed E-state index contributed by atoms with van der Waals surface area (Å²) in [5.74, 6) is -1.77. The molecule has 0 spiro atoms. The Bertz CT molecular complexity index is 726. The van der Waals surface area contributed by atoms with E-state index in [0.717, 1.165) is 0 Å². The van der Waals surface area contributed by atoms with Crippen LogP contribution in [0.15, 0.2) is 27.4 Å². The lowest BCUT2D eigenvalue weighted by atomic mass is 10.00. The molecule has 1 heterocycles. The Morgan fingerprint density at radius 2 is 1.89 bits per heavy atom. The van der Waals surface area contributed by atoms with Crippen LogP contribution in [0, 0.1) is 6.92 Å². The average molecular weight is 270 g/mol. The van der Waals surface area contributed by atoms with Crippen molar-refractivity contribution in [2.75, 3.05) is 0 Å². The molecule has 19 heavy (non-hydrogen) atoms. The molecule has 2 aromatic rings. The van der Waals surface area contributed by atoms with Gasteiger partial charge in [0.1, 0.15) is 5.58 Å². The van der Waals surface area contributed by atoms with Crippen molar-refractivity contribution < 1.29 is 22.4 Å². The van der Waals surface area contributed by atoms with Gasteiger partial charge >= 0.3 is 6.18 Å². The van der Waals surface area contributed by atoms with E-state index < -0.39 is 23.1 Å². The predicted octanol–water partition coefficient (Wildman–Crippen LogP) is 3.32. The molecule has 0 saturated carbocycles. The van der Waals surface area contributed by atoms with Crippen LogP contribution in [0.5, 0.6) is 0 Å². The summed E-state index contributed by atoms with van der Waals surface area (Å²) in [5.41, 5.74) is -0.495. The van der Waals surface area contributed by atoms with Gasteiger partial charge in [-0.3, -0.25) is 9.59 Å². The van der Waals surface area contributed by atoms with Crippen molar-refractivity contribution in [1.82, 2.24) is 0 Å².